The zero-order chi connectivity index (χ0) is 27.8. The normalized spacial score (nSPS) is 10.7. The first-order valence-electron chi connectivity index (χ1n) is 12.4. The Hall–Kier alpha value is -4.17. The van der Waals surface area contributed by atoms with Crippen molar-refractivity contribution in [2.45, 2.75) is 6.42 Å². The van der Waals surface area contributed by atoms with Gasteiger partial charge in [-0.3, -0.25) is 14.6 Å². The van der Waals surface area contributed by atoms with Crippen LogP contribution in [0.1, 0.15) is 27.2 Å². The lowest BCUT2D eigenvalue weighted by atomic mass is 10.0. The highest BCUT2D eigenvalue weighted by atomic mass is 16.5. The zero-order valence-corrected chi connectivity index (χ0v) is 23.1. The molecular weight excluding hydrogens is 478 g/mol. The molecule has 0 unspecified atom stereocenters. The molecule has 0 radical (unpaired) electrons. The summed E-state index contributed by atoms with van der Waals surface area (Å²) < 4.78 is 5.73. The van der Waals surface area contributed by atoms with Gasteiger partial charge in [0.25, 0.3) is 0 Å². The maximum atomic E-state index is 13.2. The van der Waals surface area contributed by atoms with Crippen LogP contribution in [-0.2, 0) is 11.2 Å². The Morgan fingerprint density at radius 1 is 0.974 bits per heavy atom. The van der Waals surface area contributed by atoms with Gasteiger partial charge in [0.05, 0.1) is 18.5 Å². The summed E-state index contributed by atoms with van der Waals surface area (Å²) in [5, 5.41) is 2.92. The molecule has 0 aliphatic rings. The minimum atomic E-state index is -0.297. The van der Waals surface area contributed by atoms with Gasteiger partial charge in [-0.15, -0.1) is 0 Å². The molecule has 200 valence electrons. The molecule has 0 saturated carbocycles. The molecule has 0 bridgehead atoms. The lowest BCUT2D eigenvalue weighted by molar-refractivity contribution is -0.111. The molecule has 0 fully saturated rings. The average Bonchev–Trinajstić information content (AvgIpc) is 2.91. The van der Waals surface area contributed by atoms with Crippen LogP contribution in [0.4, 0.5) is 17.1 Å². The topological polar surface area (TPSA) is 78.0 Å². The summed E-state index contributed by atoms with van der Waals surface area (Å²) in [7, 11) is 11.6. The number of carbonyl (C=O) groups excluding carboxylic acids is 2. The van der Waals surface area contributed by atoms with Gasteiger partial charge in [0.2, 0.25) is 5.91 Å². The number of ketones is 1. The number of rotatable bonds is 12. The fraction of sp³-hybridized carbons (Fsp3) is 0.300. The summed E-state index contributed by atoms with van der Waals surface area (Å²) in [5.74, 6) is 0.309. The van der Waals surface area contributed by atoms with Crippen molar-refractivity contribution >= 4 is 28.8 Å². The highest BCUT2D eigenvalue weighted by Crippen LogP contribution is 2.35. The van der Waals surface area contributed by atoms with Crippen molar-refractivity contribution < 1.29 is 14.3 Å². The lowest BCUT2D eigenvalue weighted by Crippen LogP contribution is -2.29. The zero-order valence-electron chi connectivity index (χ0n) is 23.1. The van der Waals surface area contributed by atoms with Crippen molar-refractivity contribution in [3.05, 3.63) is 89.8 Å². The second kappa shape index (κ2) is 12.9. The molecule has 1 amide bonds. The minimum Gasteiger partial charge on any atom is -0.496 e. The van der Waals surface area contributed by atoms with E-state index in [4.69, 9.17) is 4.74 Å². The van der Waals surface area contributed by atoms with Gasteiger partial charge in [-0.05, 0) is 62.6 Å². The van der Waals surface area contributed by atoms with Crippen molar-refractivity contribution in [2.75, 3.05) is 70.6 Å². The van der Waals surface area contributed by atoms with Gasteiger partial charge in [-0.1, -0.05) is 6.58 Å². The van der Waals surface area contributed by atoms with Gasteiger partial charge < -0.3 is 24.8 Å². The van der Waals surface area contributed by atoms with Crippen molar-refractivity contribution in [1.29, 1.82) is 0 Å². The fourth-order valence-electron chi connectivity index (χ4n) is 4.00. The average molecular weight is 516 g/mol. The van der Waals surface area contributed by atoms with Crippen LogP contribution in [0.25, 0.3) is 0 Å². The molecule has 0 saturated heterocycles. The smallest absolute Gasteiger partial charge is 0.247 e. The molecule has 1 heterocycles. The van der Waals surface area contributed by atoms with Crippen LogP contribution >= 0.6 is 0 Å². The number of methoxy groups -OCH3 is 1. The summed E-state index contributed by atoms with van der Waals surface area (Å²) in [6.45, 7) is 5.18. The molecule has 8 heteroatoms. The molecule has 38 heavy (non-hydrogen) atoms. The van der Waals surface area contributed by atoms with Gasteiger partial charge in [-0.2, -0.15) is 0 Å². The van der Waals surface area contributed by atoms with E-state index in [2.05, 4.69) is 26.7 Å². The van der Waals surface area contributed by atoms with Crippen LogP contribution in [-0.4, -0.2) is 77.0 Å². The maximum Gasteiger partial charge on any atom is 0.247 e. The number of hydrogen-bond donors (Lipinski definition) is 1. The fourth-order valence-corrected chi connectivity index (χ4v) is 4.00. The summed E-state index contributed by atoms with van der Waals surface area (Å²) in [4.78, 5) is 36.0. The standard InChI is InChI=1S/C30H37N5O3/c1-8-29(36)32-26-19-23(28(38-7)20-27(26)35(6)16-15-33(2)3)18-24-17-22(13-14-31-24)30(37)21-9-11-25(12-10-21)34(4)5/h8-14,17,19-20H,1,15-16,18H2,2-7H3,(H,32,36). The van der Waals surface area contributed by atoms with Crippen molar-refractivity contribution in [3.63, 3.8) is 0 Å². The Labute approximate surface area is 225 Å². The Balaban J connectivity index is 1.93. The number of aromatic nitrogens is 1. The van der Waals surface area contributed by atoms with Crippen LogP contribution in [0.5, 0.6) is 5.75 Å². The number of nitrogens with zero attached hydrogens (tertiary/aromatic N) is 4. The predicted octanol–water partition coefficient (Wildman–Crippen LogP) is 4.10. The second-order valence-electron chi connectivity index (χ2n) is 9.58. The van der Waals surface area contributed by atoms with E-state index in [0.29, 0.717) is 34.7 Å². The first-order valence-corrected chi connectivity index (χ1v) is 12.4. The first kappa shape index (κ1) is 28.4. The molecule has 0 aliphatic carbocycles. The van der Waals surface area contributed by atoms with E-state index >= 15 is 0 Å². The number of pyridine rings is 1. The second-order valence-corrected chi connectivity index (χ2v) is 9.58. The first-order chi connectivity index (χ1) is 18.1. The van der Waals surface area contributed by atoms with Gasteiger partial charge in [-0.25, -0.2) is 0 Å². The summed E-state index contributed by atoms with van der Waals surface area (Å²) in [6.07, 6.45) is 3.31. The van der Waals surface area contributed by atoms with Gasteiger partial charge in [0.1, 0.15) is 5.75 Å². The lowest BCUT2D eigenvalue weighted by Gasteiger charge is -2.26. The third-order valence-electron chi connectivity index (χ3n) is 6.23. The van der Waals surface area contributed by atoms with E-state index in [9.17, 15) is 9.59 Å². The molecule has 0 spiro atoms. The van der Waals surface area contributed by atoms with E-state index in [-0.39, 0.29) is 11.7 Å². The number of carbonyl (C=O) groups is 2. The quantitative estimate of drug-likeness (QED) is 0.287. The van der Waals surface area contributed by atoms with Crippen LogP contribution in [0.15, 0.2) is 67.4 Å². The third kappa shape index (κ3) is 7.20. The number of amides is 1. The van der Waals surface area contributed by atoms with Crippen LogP contribution in [0.2, 0.25) is 0 Å². The number of likely N-dealkylation sites (N-methyl/N-ethyl adjacent to an activating group) is 2. The van der Waals surface area contributed by atoms with Crippen LogP contribution in [0, 0.1) is 0 Å². The van der Waals surface area contributed by atoms with Crippen LogP contribution < -0.4 is 19.9 Å². The van der Waals surface area contributed by atoms with E-state index in [1.807, 2.05) is 76.5 Å². The summed E-state index contributed by atoms with van der Waals surface area (Å²) >= 11 is 0. The van der Waals surface area contributed by atoms with E-state index < -0.39 is 0 Å². The van der Waals surface area contributed by atoms with Crippen molar-refractivity contribution in [3.8, 4) is 5.75 Å². The van der Waals surface area contributed by atoms with Crippen molar-refractivity contribution in [1.82, 2.24) is 9.88 Å². The summed E-state index contributed by atoms with van der Waals surface area (Å²) in [6, 6.07) is 14.9. The molecule has 1 N–H and O–H groups in total. The monoisotopic (exact) mass is 515 g/mol. The van der Waals surface area contributed by atoms with Gasteiger partial charge in [0.15, 0.2) is 5.78 Å². The van der Waals surface area contributed by atoms with Gasteiger partial charge in [0, 0.05) is 81.0 Å². The van der Waals surface area contributed by atoms with Crippen LogP contribution in [0.3, 0.4) is 0 Å². The molecule has 3 rings (SSSR count). The Kier molecular flexibility index (Phi) is 9.62. The largest absolute Gasteiger partial charge is 0.496 e. The third-order valence-corrected chi connectivity index (χ3v) is 6.23. The Morgan fingerprint density at radius 2 is 1.68 bits per heavy atom. The number of ether oxygens (including phenoxy) is 1. The highest BCUT2D eigenvalue weighted by Gasteiger charge is 2.17. The molecule has 8 nitrogen and oxygen atoms in total. The highest BCUT2D eigenvalue weighted by molar-refractivity contribution is 6.09. The molecule has 0 aliphatic heterocycles. The Bertz CT molecular complexity index is 1290. The molecule has 2 aromatic carbocycles. The molecule has 3 aromatic rings. The molecular formula is C30H37N5O3. The van der Waals surface area contributed by atoms with Crippen molar-refractivity contribution in [2.24, 2.45) is 0 Å². The number of hydrogen-bond acceptors (Lipinski definition) is 7. The Morgan fingerprint density at radius 3 is 2.29 bits per heavy atom. The minimum absolute atomic E-state index is 0.0669. The molecule has 0 atom stereocenters. The number of benzene rings is 2. The van der Waals surface area contributed by atoms with E-state index in [0.717, 1.165) is 30.0 Å². The summed E-state index contributed by atoms with van der Waals surface area (Å²) in [5.41, 5.74) is 5.24. The number of anilines is 3. The van der Waals surface area contributed by atoms with Gasteiger partial charge >= 0.3 is 0 Å². The number of nitrogens with one attached hydrogen (secondary N) is 1. The predicted molar refractivity (Wildman–Crippen MR) is 155 cm³/mol. The van der Waals surface area contributed by atoms with E-state index in [1.54, 1.807) is 25.4 Å². The molecule has 1 aromatic heterocycles. The maximum absolute atomic E-state index is 13.2. The SMILES string of the molecule is C=CC(=O)Nc1cc(Cc2cc(C(=O)c3ccc(N(C)C)cc3)ccn2)c(OC)cc1N(C)CCN(C)C. The van der Waals surface area contributed by atoms with E-state index in [1.165, 1.54) is 6.08 Å².